The minimum Gasteiger partial charge on any atom is -0.494 e. The predicted octanol–water partition coefficient (Wildman–Crippen LogP) is 7.18. The van der Waals surface area contributed by atoms with Crippen molar-refractivity contribution < 1.29 is 14.3 Å². The van der Waals surface area contributed by atoms with Gasteiger partial charge in [0.25, 0.3) is 0 Å². The molecule has 2 heterocycles. The van der Waals surface area contributed by atoms with E-state index >= 15 is 0 Å². The highest BCUT2D eigenvalue weighted by atomic mass is 35.5. The van der Waals surface area contributed by atoms with Crippen molar-refractivity contribution in [2.24, 2.45) is 5.41 Å². The molecule has 1 fully saturated rings. The second-order valence-electron chi connectivity index (χ2n) is 13.0. The number of rotatable bonds is 9. The SMILES string of the molecule is CC(C)(C)CC(C)(C)NC(=O)N1C(=O)CCc2ccc(OCCCCN3CCN(c4cccc(Cl)c4Cl)CC3)cc21. The van der Waals surface area contributed by atoms with Gasteiger partial charge < -0.3 is 15.0 Å². The number of nitrogens with zero attached hydrogens (tertiary/aromatic N) is 3. The normalized spacial score (nSPS) is 16.5. The summed E-state index contributed by atoms with van der Waals surface area (Å²) in [5.74, 6) is 0.494. The molecular weight excluding hydrogens is 559 g/mol. The third-order valence-corrected chi connectivity index (χ3v) is 8.37. The molecule has 1 N–H and O–H groups in total. The molecule has 0 saturated carbocycles. The first-order chi connectivity index (χ1) is 19.3. The molecule has 0 unspecified atom stereocenters. The summed E-state index contributed by atoms with van der Waals surface area (Å²) in [4.78, 5) is 32.2. The van der Waals surface area contributed by atoms with Gasteiger partial charge in [-0.15, -0.1) is 0 Å². The smallest absolute Gasteiger partial charge is 0.329 e. The third kappa shape index (κ3) is 8.52. The van der Waals surface area contributed by atoms with Crippen molar-refractivity contribution in [3.63, 3.8) is 0 Å². The van der Waals surface area contributed by atoms with E-state index in [9.17, 15) is 9.59 Å². The van der Waals surface area contributed by atoms with E-state index < -0.39 is 5.54 Å². The van der Waals surface area contributed by atoms with Crippen LogP contribution in [0.4, 0.5) is 16.2 Å². The monoisotopic (exact) mass is 602 g/mol. The minimum absolute atomic E-state index is 0.0429. The molecule has 7 nitrogen and oxygen atoms in total. The molecule has 0 aliphatic carbocycles. The molecule has 3 amide bonds. The molecular formula is C32H44Cl2N4O3. The highest BCUT2D eigenvalue weighted by Gasteiger charge is 2.34. The fourth-order valence-electron chi connectivity index (χ4n) is 6.06. The van der Waals surface area contributed by atoms with Crippen molar-refractivity contribution in [3.8, 4) is 5.75 Å². The summed E-state index contributed by atoms with van der Waals surface area (Å²) in [6, 6.07) is 11.2. The molecule has 224 valence electrons. The highest BCUT2D eigenvalue weighted by molar-refractivity contribution is 6.43. The topological polar surface area (TPSA) is 65.1 Å². The number of hydrogen-bond donors (Lipinski definition) is 1. The molecule has 0 radical (unpaired) electrons. The van der Waals surface area contributed by atoms with Gasteiger partial charge >= 0.3 is 6.03 Å². The fraction of sp³-hybridized carbons (Fsp3) is 0.562. The van der Waals surface area contributed by atoms with Crippen LogP contribution in [0, 0.1) is 5.41 Å². The number of carbonyl (C=O) groups is 2. The van der Waals surface area contributed by atoms with E-state index in [1.165, 1.54) is 4.90 Å². The van der Waals surface area contributed by atoms with Gasteiger partial charge in [0.15, 0.2) is 0 Å². The van der Waals surface area contributed by atoms with Gasteiger partial charge in [-0.2, -0.15) is 0 Å². The lowest BCUT2D eigenvalue weighted by atomic mass is 9.82. The van der Waals surface area contributed by atoms with Crippen LogP contribution in [-0.4, -0.2) is 61.7 Å². The summed E-state index contributed by atoms with van der Waals surface area (Å²) >= 11 is 12.6. The molecule has 0 bridgehead atoms. The lowest BCUT2D eigenvalue weighted by molar-refractivity contribution is -0.118. The van der Waals surface area contributed by atoms with Crippen LogP contribution in [-0.2, 0) is 11.2 Å². The van der Waals surface area contributed by atoms with Crippen LogP contribution in [0.3, 0.4) is 0 Å². The van der Waals surface area contributed by atoms with E-state index in [0.29, 0.717) is 40.9 Å². The largest absolute Gasteiger partial charge is 0.494 e. The Balaban J connectivity index is 1.25. The van der Waals surface area contributed by atoms with Crippen LogP contribution < -0.4 is 19.9 Å². The average molecular weight is 604 g/mol. The number of halogens is 2. The number of anilines is 2. The molecule has 4 rings (SSSR count). The summed E-state index contributed by atoms with van der Waals surface area (Å²) in [5.41, 5.74) is 2.21. The van der Waals surface area contributed by atoms with Gasteiger partial charge in [-0.05, 0) is 75.3 Å². The molecule has 0 spiro atoms. The lowest BCUT2D eigenvalue weighted by Gasteiger charge is -2.36. The maximum atomic E-state index is 13.3. The van der Waals surface area contributed by atoms with Gasteiger partial charge in [0.2, 0.25) is 5.91 Å². The van der Waals surface area contributed by atoms with E-state index in [0.717, 1.165) is 63.2 Å². The molecule has 2 aromatic carbocycles. The second kappa shape index (κ2) is 13.2. The predicted molar refractivity (Wildman–Crippen MR) is 169 cm³/mol. The van der Waals surface area contributed by atoms with Crippen molar-refractivity contribution in [2.75, 3.05) is 49.1 Å². The van der Waals surface area contributed by atoms with Gasteiger partial charge in [-0.1, -0.05) is 56.1 Å². The molecule has 9 heteroatoms. The molecule has 2 aliphatic heterocycles. The number of piperazine rings is 1. The van der Waals surface area contributed by atoms with E-state index in [4.69, 9.17) is 27.9 Å². The summed E-state index contributed by atoms with van der Waals surface area (Å²) in [6.45, 7) is 15.8. The van der Waals surface area contributed by atoms with Crippen molar-refractivity contribution in [1.29, 1.82) is 0 Å². The van der Waals surface area contributed by atoms with E-state index in [-0.39, 0.29) is 17.4 Å². The van der Waals surface area contributed by atoms with Crippen molar-refractivity contribution in [3.05, 3.63) is 52.0 Å². The number of imide groups is 1. The van der Waals surface area contributed by atoms with Crippen LogP contribution in [0.25, 0.3) is 0 Å². The van der Waals surface area contributed by atoms with Gasteiger partial charge in [0, 0.05) is 44.2 Å². The first kappa shape index (κ1) is 31.5. The quantitative estimate of drug-likeness (QED) is 0.308. The number of aryl methyl sites for hydroxylation is 1. The molecule has 0 aromatic heterocycles. The van der Waals surface area contributed by atoms with Gasteiger partial charge in [0.1, 0.15) is 5.75 Å². The average Bonchev–Trinajstić information content (AvgIpc) is 2.88. The Morgan fingerprint density at radius 1 is 0.951 bits per heavy atom. The minimum atomic E-state index is -0.448. The summed E-state index contributed by atoms with van der Waals surface area (Å²) in [7, 11) is 0. The summed E-state index contributed by atoms with van der Waals surface area (Å²) in [6.07, 6.45) is 3.68. The number of nitrogens with one attached hydrogen (secondary N) is 1. The number of fused-ring (bicyclic) bond motifs is 1. The Morgan fingerprint density at radius 2 is 1.68 bits per heavy atom. The zero-order valence-electron chi connectivity index (χ0n) is 25.1. The second-order valence-corrected chi connectivity index (χ2v) is 13.8. The van der Waals surface area contributed by atoms with Crippen LogP contribution >= 0.6 is 23.2 Å². The lowest BCUT2D eigenvalue weighted by Crippen LogP contribution is -2.54. The maximum Gasteiger partial charge on any atom is 0.329 e. The van der Waals surface area contributed by atoms with Crippen LogP contribution in [0.15, 0.2) is 36.4 Å². The number of amides is 3. The van der Waals surface area contributed by atoms with E-state index in [2.05, 4.69) is 35.9 Å². The highest BCUT2D eigenvalue weighted by Crippen LogP contribution is 2.34. The summed E-state index contributed by atoms with van der Waals surface area (Å²) < 4.78 is 6.07. The van der Waals surface area contributed by atoms with Crippen molar-refractivity contribution in [1.82, 2.24) is 10.2 Å². The fourth-order valence-corrected chi connectivity index (χ4v) is 6.47. The van der Waals surface area contributed by atoms with Gasteiger partial charge in [0.05, 0.1) is 28.0 Å². The number of benzene rings is 2. The molecule has 2 aliphatic rings. The van der Waals surface area contributed by atoms with Crippen LogP contribution in [0.1, 0.15) is 65.9 Å². The zero-order chi connectivity index (χ0) is 29.8. The van der Waals surface area contributed by atoms with E-state index in [1.54, 1.807) is 0 Å². The maximum absolute atomic E-state index is 13.3. The first-order valence-electron chi connectivity index (χ1n) is 14.7. The van der Waals surface area contributed by atoms with E-state index in [1.807, 2.05) is 50.2 Å². The zero-order valence-corrected chi connectivity index (χ0v) is 26.6. The Labute approximate surface area is 255 Å². The van der Waals surface area contributed by atoms with Crippen LogP contribution in [0.5, 0.6) is 5.75 Å². The summed E-state index contributed by atoms with van der Waals surface area (Å²) in [5, 5.41) is 4.30. The number of carbonyl (C=O) groups excluding carboxylic acids is 2. The molecule has 2 aromatic rings. The first-order valence-corrected chi connectivity index (χ1v) is 15.4. The van der Waals surface area contributed by atoms with Gasteiger partial charge in [-0.25, -0.2) is 9.69 Å². The van der Waals surface area contributed by atoms with Crippen LogP contribution in [0.2, 0.25) is 10.0 Å². The standard InChI is InChI=1S/C32H44Cl2N4O3/c1-31(2,3)22-32(4,5)35-30(40)38-27-21-24(13-11-23(27)12-14-28(38)39)41-20-7-6-15-36-16-18-37(19-17-36)26-10-8-9-25(33)29(26)34/h8-11,13,21H,6-7,12,14-20,22H2,1-5H3,(H,35,40). The Kier molecular flexibility index (Phi) is 10.1. The number of urea groups is 1. The Bertz CT molecular complexity index is 1240. The molecule has 1 saturated heterocycles. The number of unbranched alkanes of at least 4 members (excludes halogenated alkanes) is 1. The number of hydrogen-bond acceptors (Lipinski definition) is 5. The Hall–Kier alpha value is -2.48. The third-order valence-electron chi connectivity index (χ3n) is 7.56. The molecule has 41 heavy (non-hydrogen) atoms. The Morgan fingerprint density at radius 3 is 2.39 bits per heavy atom. The molecule has 0 atom stereocenters. The number of ether oxygens (including phenoxy) is 1. The van der Waals surface area contributed by atoms with Crippen molar-refractivity contribution in [2.45, 2.75) is 72.3 Å². The van der Waals surface area contributed by atoms with Gasteiger partial charge in [-0.3, -0.25) is 9.69 Å². The van der Waals surface area contributed by atoms with Crippen molar-refractivity contribution >= 4 is 46.5 Å².